The zero-order valence-electron chi connectivity index (χ0n) is 9.03. The molecule has 4 heteroatoms. The Hall–Kier alpha value is -1.06. The smallest absolute Gasteiger partial charge is 0.231 e. The van der Waals surface area contributed by atoms with Gasteiger partial charge in [-0.25, -0.2) is 0 Å². The molecular weight excluding hydrogens is 224 g/mol. The molecule has 1 aromatic rings. The van der Waals surface area contributed by atoms with Gasteiger partial charge >= 0.3 is 0 Å². The van der Waals surface area contributed by atoms with Crippen LogP contribution in [0.2, 0.25) is 5.02 Å². The fraction of sp³-hybridized carbons (Fsp3) is 0.417. The first-order chi connectivity index (χ1) is 7.65. The topological polar surface area (TPSA) is 46.3 Å². The van der Waals surface area contributed by atoms with Crippen molar-refractivity contribution < 1.29 is 4.79 Å². The number of primary amides is 1. The third-order valence-electron chi connectivity index (χ3n) is 2.72. The Morgan fingerprint density at radius 2 is 2.00 bits per heavy atom. The number of halogens is 1. The molecule has 0 unspecified atom stereocenters. The van der Waals surface area contributed by atoms with Gasteiger partial charge in [-0.3, -0.25) is 9.69 Å². The summed E-state index contributed by atoms with van der Waals surface area (Å²) >= 11 is 5.82. The SMILES string of the molecule is NC(=O)CN(Cc1ccc(Cl)cc1)C1CC1. The minimum absolute atomic E-state index is 0.263. The summed E-state index contributed by atoms with van der Waals surface area (Å²) in [6, 6.07) is 8.23. The molecule has 1 amide bonds. The number of benzene rings is 1. The van der Waals surface area contributed by atoms with E-state index in [2.05, 4.69) is 4.90 Å². The summed E-state index contributed by atoms with van der Waals surface area (Å²) in [5, 5.41) is 0.733. The highest BCUT2D eigenvalue weighted by Crippen LogP contribution is 2.28. The van der Waals surface area contributed by atoms with Crippen molar-refractivity contribution in [3.05, 3.63) is 34.9 Å². The predicted molar refractivity (Wildman–Crippen MR) is 64.1 cm³/mol. The highest BCUT2D eigenvalue weighted by molar-refractivity contribution is 6.30. The molecule has 86 valence electrons. The number of nitrogens with two attached hydrogens (primary N) is 1. The highest BCUT2D eigenvalue weighted by Gasteiger charge is 2.29. The van der Waals surface area contributed by atoms with Crippen LogP contribution >= 0.6 is 11.6 Å². The van der Waals surface area contributed by atoms with Gasteiger partial charge in [-0.2, -0.15) is 0 Å². The van der Waals surface area contributed by atoms with Gasteiger partial charge in [0.1, 0.15) is 0 Å². The summed E-state index contributed by atoms with van der Waals surface area (Å²) in [6.07, 6.45) is 2.34. The zero-order valence-corrected chi connectivity index (χ0v) is 9.78. The van der Waals surface area contributed by atoms with Crippen LogP contribution in [0.5, 0.6) is 0 Å². The number of hydrogen-bond donors (Lipinski definition) is 1. The summed E-state index contributed by atoms with van der Waals surface area (Å²) in [5.74, 6) is -0.263. The lowest BCUT2D eigenvalue weighted by atomic mass is 10.2. The van der Waals surface area contributed by atoms with Crippen LogP contribution in [0, 0.1) is 0 Å². The Balaban J connectivity index is 1.99. The van der Waals surface area contributed by atoms with Crippen molar-refractivity contribution in [3.63, 3.8) is 0 Å². The molecule has 1 aromatic carbocycles. The molecule has 0 aliphatic heterocycles. The lowest BCUT2D eigenvalue weighted by Crippen LogP contribution is -2.34. The first-order valence-electron chi connectivity index (χ1n) is 5.42. The van der Waals surface area contributed by atoms with Gasteiger partial charge in [-0.15, -0.1) is 0 Å². The van der Waals surface area contributed by atoms with Crippen LogP contribution in [0.15, 0.2) is 24.3 Å². The van der Waals surface area contributed by atoms with Gasteiger partial charge in [-0.05, 0) is 30.5 Å². The molecule has 3 nitrogen and oxygen atoms in total. The third-order valence-corrected chi connectivity index (χ3v) is 2.97. The fourth-order valence-corrected chi connectivity index (χ4v) is 1.90. The van der Waals surface area contributed by atoms with Crippen molar-refractivity contribution in [2.75, 3.05) is 6.54 Å². The largest absolute Gasteiger partial charge is 0.369 e. The van der Waals surface area contributed by atoms with Gasteiger partial charge in [0, 0.05) is 17.6 Å². The zero-order chi connectivity index (χ0) is 11.5. The second kappa shape index (κ2) is 4.85. The van der Waals surface area contributed by atoms with Crippen LogP contribution in [0.3, 0.4) is 0 Å². The Morgan fingerprint density at radius 3 is 2.50 bits per heavy atom. The average molecular weight is 239 g/mol. The molecule has 0 aromatic heterocycles. The third kappa shape index (κ3) is 3.22. The number of carbonyl (C=O) groups is 1. The maximum Gasteiger partial charge on any atom is 0.231 e. The Morgan fingerprint density at radius 1 is 1.38 bits per heavy atom. The number of carbonyl (C=O) groups excluding carboxylic acids is 1. The van der Waals surface area contributed by atoms with E-state index in [4.69, 9.17) is 17.3 Å². The molecule has 0 heterocycles. The van der Waals surface area contributed by atoms with E-state index >= 15 is 0 Å². The minimum Gasteiger partial charge on any atom is -0.369 e. The summed E-state index contributed by atoms with van der Waals surface area (Å²) in [5.41, 5.74) is 6.40. The summed E-state index contributed by atoms with van der Waals surface area (Å²) in [4.78, 5) is 13.1. The van der Waals surface area contributed by atoms with E-state index in [1.54, 1.807) is 0 Å². The van der Waals surface area contributed by atoms with Gasteiger partial charge in [-0.1, -0.05) is 23.7 Å². The molecule has 0 saturated heterocycles. The van der Waals surface area contributed by atoms with Crippen molar-refractivity contribution in [1.82, 2.24) is 4.90 Å². The molecule has 16 heavy (non-hydrogen) atoms. The Bertz CT molecular complexity index is 373. The van der Waals surface area contributed by atoms with Crippen molar-refractivity contribution in [1.29, 1.82) is 0 Å². The second-order valence-corrected chi connectivity index (χ2v) is 4.67. The number of rotatable bonds is 5. The molecule has 2 N–H and O–H groups in total. The van der Waals surface area contributed by atoms with Crippen molar-refractivity contribution in [3.8, 4) is 0 Å². The van der Waals surface area contributed by atoms with Gasteiger partial charge in [0.05, 0.1) is 6.54 Å². The highest BCUT2D eigenvalue weighted by atomic mass is 35.5. The van der Waals surface area contributed by atoms with Crippen LogP contribution in [0.1, 0.15) is 18.4 Å². The fourth-order valence-electron chi connectivity index (χ4n) is 1.78. The van der Waals surface area contributed by atoms with E-state index in [1.807, 2.05) is 24.3 Å². The molecule has 0 spiro atoms. The number of amides is 1. The van der Waals surface area contributed by atoms with E-state index < -0.39 is 0 Å². The standard InChI is InChI=1S/C12H15ClN2O/c13-10-3-1-9(2-4-10)7-15(8-12(14)16)11-5-6-11/h1-4,11H,5-8H2,(H2,14,16). The summed E-state index contributed by atoms with van der Waals surface area (Å²) in [6.45, 7) is 1.11. The summed E-state index contributed by atoms with van der Waals surface area (Å²) in [7, 11) is 0. The first kappa shape index (κ1) is 11.4. The van der Waals surface area contributed by atoms with Gasteiger partial charge in [0.15, 0.2) is 0 Å². The Labute approximate surface area is 100 Å². The second-order valence-electron chi connectivity index (χ2n) is 4.23. The van der Waals surface area contributed by atoms with Crippen LogP contribution < -0.4 is 5.73 Å². The molecule has 0 radical (unpaired) electrons. The van der Waals surface area contributed by atoms with E-state index in [1.165, 1.54) is 12.8 Å². The van der Waals surface area contributed by atoms with Crippen LogP contribution in [0.25, 0.3) is 0 Å². The van der Waals surface area contributed by atoms with Gasteiger partial charge in [0.25, 0.3) is 0 Å². The molecular formula is C12H15ClN2O. The Kier molecular flexibility index (Phi) is 3.46. The minimum atomic E-state index is -0.263. The monoisotopic (exact) mass is 238 g/mol. The van der Waals surface area contributed by atoms with E-state index in [9.17, 15) is 4.79 Å². The normalized spacial score (nSPS) is 15.4. The van der Waals surface area contributed by atoms with Crippen molar-refractivity contribution >= 4 is 17.5 Å². The van der Waals surface area contributed by atoms with E-state index in [-0.39, 0.29) is 5.91 Å². The molecule has 0 bridgehead atoms. The number of hydrogen-bond acceptors (Lipinski definition) is 2. The van der Waals surface area contributed by atoms with Crippen LogP contribution in [-0.4, -0.2) is 23.4 Å². The van der Waals surface area contributed by atoms with E-state index in [0.717, 1.165) is 17.1 Å². The molecule has 1 fully saturated rings. The molecule has 1 aliphatic rings. The molecule has 2 rings (SSSR count). The lowest BCUT2D eigenvalue weighted by molar-refractivity contribution is -0.119. The van der Waals surface area contributed by atoms with E-state index in [0.29, 0.717) is 12.6 Å². The summed E-state index contributed by atoms with van der Waals surface area (Å²) < 4.78 is 0. The van der Waals surface area contributed by atoms with Gasteiger partial charge in [0.2, 0.25) is 5.91 Å². The molecule has 1 aliphatic carbocycles. The molecule has 1 saturated carbocycles. The van der Waals surface area contributed by atoms with Gasteiger partial charge < -0.3 is 5.73 Å². The molecule has 0 atom stereocenters. The maximum absolute atomic E-state index is 10.9. The van der Waals surface area contributed by atoms with Crippen molar-refractivity contribution in [2.24, 2.45) is 5.73 Å². The average Bonchev–Trinajstić information content (AvgIpc) is 3.03. The van der Waals surface area contributed by atoms with Crippen LogP contribution in [-0.2, 0) is 11.3 Å². The van der Waals surface area contributed by atoms with Crippen molar-refractivity contribution in [2.45, 2.75) is 25.4 Å². The predicted octanol–water partition coefficient (Wildman–Crippen LogP) is 1.79. The first-order valence-corrected chi connectivity index (χ1v) is 5.80. The number of nitrogens with zero attached hydrogens (tertiary/aromatic N) is 1. The lowest BCUT2D eigenvalue weighted by Gasteiger charge is -2.20. The quantitative estimate of drug-likeness (QED) is 0.850. The maximum atomic E-state index is 10.9. The van der Waals surface area contributed by atoms with Crippen LogP contribution in [0.4, 0.5) is 0 Å².